The van der Waals surface area contributed by atoms with E-state index in [9.17, 15) is 8.42 Å². The van der Waals surface area contributed by atoms with Crippen LogP contribution in [0.15, 0.2) is 28.5 Å². The van der Waals surface area contributed by atoms with Crippen LogP contribution in [0.3, 0.4) is 0 Å². The van der Waals surface area contributed by atoms with Crippen LogP contribution in [0.4, 0.5) is 0 Å². The van der Waals surface area contributed by atoms with Crippen molar-refractivity contribution in [3.8, 4) is 0 Å². The van der Waals surface area contributed by atoms with Crippen LogP contribution in [-0.2, 0) is 16.6 Å². The molecule has 18 heavy (non-hydrogen) atoms. The molecule has 0 bridgehead atoms. The van der Waals surface area contributed by atoms with Gasteiger partial charge in [-0.15, -0.1) is 11.3 Å². The van der Waals surface area contributed by atoms with Crippen molar-refractivity contribution >= 4 is 21.4 Å². The van der Waals surface area contributed by atoms with E-state index in [0.717, 1.165) is 24.4 Å². The summed E-state index contributed by atoms with van der Waals surface area (Å²) in [6.07, 6.45) is 4.74. The Balaban J connectivity index is 2.14. The Labute approximate surface area is 112 Å². The van der Waals surface area contributed by atoms with Crippen LogP contribution in [-0.4, -0.2) is 32.4 Å². The molecular weight excluding hydrogens is 268 g/mol. The molecule has 0 radical (unpaired) electrons. The number of hydrogen-bond donors (Lipinski definition) is 1. The number of rotatable bonds is 5. The summed E-state index contributed by atoms with van der Waals surface area (Å²) in [4.78, 5) is 1.06. The van der Waals surface area contributed by atoms with Crippen molar-refractivity contribution < 1.29 is 8.42 Å². The maximum atomic E-state index is 12.4. The van der Waals surface area contributed by atoms with E-state index in [1.165, 1.54) is 15.6 Å². The summed E-state index contributed by atoms with van der Waals surface area (Å²) < 4.78 is 26.7. The Morgan fingerprint density at radius 2 is 2.22 bits per heavy atom. The summed E-state index contributed by atoms with van der Waals surface area (Å²) in [5.41, 5.74) is 0. The van der Waals surface area contributed by atoms with Gasteiger partial charge in [-0.1, -0.05) is 19.1 Å². The van der Waals surface area contributed by atoms with Crippen LogP contribution >= 0.6 is 11.3 Å². The molecule has 0 amide bonds. The molecule has 4 nitrogen and oxygen atoms in total. The minimum atomic E-state index is -3.29. The van der Waals surface area contributed by atoms with Gasteiger partial charge < -0.3 is 5.32 Å². The highest BCUT2D eigenvalue weighted by atomic mass is 32.2. The molecule has 1 aromatic rings. The maximum absolute atomic E-state index is 12.4. The van der Waals surface area contributed by atoms with Crippen molar-refractivity contribution in [1.29, 1.82) is 0 Å². The van der Waals surface area contributed by atoms with E-state index < -0.39 is 10.0 Å². The van der Waals surface area contributed by atoms with Crippen molar-refractivity contribution in [2.75, 3.05) is 19.6 Å². The summed E-state index contributed by atoms with van der Waals surface area (Å²) in [5.74, 6) is 0. The second kappa shape index (κ2) is 5.97. The smallest absolute Gasteiger partial charge is 0.252 e. The van der Waals surface area contributed by atoms with Gasteiger partial charge in [-0.25, -0.2) is 8.42 Å². The topological polar surface area (TPSA) is 49.4 Å². The molecule has 100 valence electrons. The Bertz CT molecular complexity index is 520. The van der Waals surface area contributed by atoms with Gasteiger partial charge in [-0.2, -0.15) is 4.31 Å². The van der Waals surface area contributed by atoms with E-state index in [2.05, 4.69) is 5.32 Å². The lowest BCUT2D eigenvalue weighted by molar-refractivity contribution is 0.439. The number of nitrogens with zero attached hydrogens (tertiary/aromatic N) is 1. The fourth-order valence-corrected chi connectivity index (χ4v) is 4.69. The zero-order valence-electron chi connectivity index (χ0n) is 10.4. The van der Waals surface area contributed by atoms with Gasteiger partial charge in [0, 0.05) is 24.5 Å². The molecule has 2 rings (SSSR count). The zero-order chi connectivity index (χ0) is 13.0. The SMILES string of the molecule is CCNCc1ccc(S(=O)(=O)N2CC=CCC2)s1. The predicted molar refractivity (Wildman–Crippen MR) is 74.2 cm³/mol. The molecule has 1 N–H and O–H groups in total. The van der Waals surface area contributed by atoms with E-state index in [4.69, 9.17) is 0 Å². The zero-order valence-corrected chi connectivity index (χ0v) is 12.1. The Hall–Kier alpha value is -0.690. The van der Waals surface area contributed by atoms with Crippen molar-refractivity contribution in [3.63, 3.8) is 0 Å². The van der Waals surface area contributed by atoms with Gasteiger partial charge in [0.15, 0.2) is 0 Å². The van der Waals surface area contributed by atoms with Crippen LogP contribution in [0.2, 0.25) is 0 Å². The lowest BCUT2D eigenvalue weighted by Gasteiger charge is -2.21. The third-order valence-corrected chi connectivity index (χ3v) is 6.22. The first-order valence-electron chi connectivity index (χ1n) is 6.09. The van der Waals surface area contributed by atoms with Gasteiger partial charge in [-0.05, 0) is 25.1 Å². The first-order valence-corrected chi connectivity index (χ1v) is 8.35. The Morgan fingerprint density at radius 3 is 2.89 bits per heavy atom. The highest BCUT2D eigenvalue weighted by Gasteiger charge is 2.25. The maximum Gasteiger partial charge on any atom is 0.252 e. The van der Waals surface area contributed by atoms with Gasteiger partial charge in [0.2, 0.25) is 0 Å². The molecule has 0 fully saturated rings. The normalized spacial score (nSPS) is 17.2. The van der Waals surface area contributed by atoms with E-state index in [-0.39, 0.29) is 0 Å². The molecule has 2 heterocycles. The van der Waals surface area contributed by atoms with E-state index in [0.29, 0.717) is 17.3 Å². The van der Waals surface area contributed by atoms with Crippen LogP contribution in [0, 0.1) is 0 Å². The number of nitrogens with one attached hydrogen (secondary N) is 1. The second-order valence-corrected chi connectivity index (χ2v) is 7.46. The number of hydrogen-bond acceptors (Lipinski definition) is 4. The third kappa shape index (κ3) is 3.00. The molecule has 6 heteroatoms. The lowest BCUT2D eigenvalue weighted by atomic mass is 10.3. The molecule has 1 aromatic heterocycles. The summed E-state index contributed by atoms with van der Waals surface area (Å²) >= 11 is 1.36. The first kappa shape index (κ1) is 13.7. The van der Waals surface area contributed by atoms with Crippen molar-refractivity contribution in [2.45, 2.75) is 24.1 Å². The highest BCUT2D eigenvalue weighted by Crippen LogP contribution is 2.25. The molecule has 0 aromatic carbocycles. The van der Waals surface area contributed by atoms with Crippen LogP contribution < -0.4 is 5.32 Å². The number of thiophene rings is 1. The van der Waals surface area contributed by atoms with Gasteiger partial charge in [0.1, 0.15) is 4.21 Å². The molecule has 0 aliphatic carbocycles. The third-order valence-electron chi connectivity index (χ3n) is 2.80. The summed E-state index contributed by atoms with van der Waals surface area (Å²) in [7, 11) is -3.29. The quantitative estimate of drug-likeness (QED) is 0.840. The molecule has 0 spiro atoms. The summed E-state index contributed by atoms with van der Waals surface area (Å²) in [6.45, 7) is 4.72. The van der Waals surface area contributed by atoms with Crippen LogP contribution in [0.25, 0.3) is 0 Å². The monoisotopic (exact) mass is 286 g/mol. The predicted octanol–water partition coefficient (Wildman–Crippen LogP) is 1.81. The van der Waals surface area contributed by atoms with Crippen LogP contribution in [0.5, 0.6) is 0 Å². The fourth-order valence-electron chi connectivity index (χ4n) is 1.81. The molecule has 0 atom stereocenters. The summed E-state index contributed by atoms with van der Waals surface area (Å²) in [5, 5.41) is 3.20. The number of sulfonamides is 1. The average molecular weight is 286 g/mol. The van der Waals surface area contributed by atoms with Crippen LogP contribution in [0.1, 0.15) is 18.2 Å². The largest absolute Gasteiger partial charge is 0.312 e. The molecular formula is C12H18N2O2S2. The van der Waals surface area contributed by atoms with Gasteiger partial charge in [0.25, 0.3) is 10.0 Å². The van der Waals surface area contributed by atoms with E-state index >= 15 is 0 Å². The Kier molecular flexibility index (Phi) is 4.55. The lowest BCUT2D eigenvalue weighted by Crippen LogP contribution is -2.33. The fraction of sp³-hybridized carbons (Fsp3) is 0.500. The first-order chi connectivity index (χ1) is 8.64. The molecule has 0 unspecified atom stereocenters. The van der Waals surface area contributed by atoms with Gasteiger partial charge in [-0.3, -0.25) is 0 Å². The van der Waals surface area contributed by atoms with Crippen molar-refractivity contribution in [1.82, 2.24) is 9.62 Å². The molecule has 0 saturated heterocycles. The minimum absolute atomic E-state index is 0.450. The van der Waals surface area contributed by atoms with Crippen molar-refractivity contribution in [2.24, 2.45) is 0 Å². The minimum Gasteiger partial charge on any atom is -0.312 e. The van der Waals surface area contributed by atoms with Gasteiger partial charge >= 0.3 is 0 Å². The highest BCUT2D eigenvalue weighted by molar-refractivity contribution is 7.91. The molecule has 1 aliphatic rings. The average Bonchev–Trinajstić information content (AvgIpc) is 2.87. The van der Waals surface area contributed by atoms with Gasteiger partial charge in [0.05, 0.1) is 0 Å². The van der Waals surface area contributed by atoms with E-state index in [1.54, 1.807) is 6.07 Å². The second-order valence-electron chi connectivity index (χ2n) is 4.12. The summed E-state index contributed by atoms with van der Waals surface area (Å²) in [6, 6.07) is 3.60. The Morgan fingerprint density at radius 1 is 1.39 bits per heavy atom. The molecule has 0 saturated carbocycles. The molecule has 1 aliphatic heterocycles. The van der Waals surface area contributed by atoms with E-state index in [1.807, 2.05) is 25.1 Å². The standard InChI is InChI=1S/C12H18N2O2S2/c1-2-13-10-11-6-7-12(17-11)18(15,16)14-8-4-3-5-9-14/h3-4,6-7,13H,2,5,8-10H2,1H3. The van der Waals surface area contributed by atoms with Crippen molar-refractivity contribution in [3.05, 3.63) is 29.2 Å².